The Labute approximate surface area is 174 Å². The van der Waals surface area contributed by atoms with E-state index >= 15 is 0 Å². The first kappa shape index (κ1) is 18.2. The fourth-order valence-electron chi connectivity index (χ4n) is 4.07. The quantitative estimate of drug-likeness (QED) is 0.648. The predicted molar refractivity (Wildman–Crippen MR) is 114 cm³/mol. The van der Waals surface area contributed by atoms with Crippen molar-refractivity contribution in [3.63, 3.8) is 0 Å². The van der Waals surface area contributed by atoms with E-state index in [-0.39, 0.29) is 0 Å². The zero-order valence-electron chi connectivity index (χ0n) is 16.5. The number of fused-ring (bicyclic) bond motifs is 4. The molecule has 6 heteroatoms. The van der Waals surface area contributed by atoms with Crippen LogP contribution >= 0.6 is 0 Å². The highest BCUT2D eigenvalue weighted by Crippen LogP contribution is 2.51. The lowest BCUT2D eigenvalue weighted by molar-refractivity contribution is 0.240. The second-order valence-corrected chi connectivity index (χ2v) is 7.31. The summed E-state index contributed by atoms with van der Waals surface area (Å²) < 4.78 is 11.3. The predicted octanol–water partition coefficient (Wildman–Crippen LogP) is 2.94. The number of methoxy groups -OCH3 is 1. The molecule has 0 amide bonds. The molecule has 148 valence electrons. The van der Waals surface area contributed by atoms with Crippen LogP contribution in [0.3, 0.4) is 0 Å². The van der Waals surface area contributed by atoms with E-state index in [0.29, 0.717) is 19.0 Å². The van der Waals surface area contributed by atoms with E-state index in [9.17, 15) is 0 Å². The Balaban J connectivity index is 1.68. The van der Waals surface area contributed by atoms with Gasteiger partial charge in [-0.3, -0.25) is 0 Å². The molecule has 1 atom stereocenters. The molecule has 0 saturated heterocycles. The highest BCUT2D eigenvalue weighted by molar-refractivity contribution is 5.70. The molecule has 0 aliphatic carbocycles. The molecule has 2 aromatic carbocycles. The van der Waals surface area contributed by atoms with E-state index in [1.807, 2.05) is 24.3 Å². The molecule has 3 heterocycles. The summed E-state index contributed by atoms with van der Waals surface area (Å²) in [7, 11) is 1.63. The first-order chi connectivity index (χ1) is 14.7. The van der Waals surface area contributed by atoms with Crippen LogP contribution < -0.4 is 15.8 Å². The first-order valence-electron chi connectivity index (χ1n) is 9.62. The van der Waals surface area contributed by atoms with Gasteiger partial charge in [-0.2, -0.15) is 0 Å². The van der Waals surface area contributed by atoms with Gasteiger partial charge in [0.1, 0.15) is 24.4 Å². The van der Waals surface area contributed by atoms with Crippen LogP contribution in [0.2, 0.25) is 0 Å². The Bertz CT molecular complexity index is 1210. The van der Waals surface area contributed by atoms with E-state index in [4.69, 9.17) is 15.2 Å². The molecule has 0 unspecified atom stereocenters. The van der Waals surface area contributed by atoms with Gasteiger partial charge in [-0.05, 0) is 42.0 Å². The number of rotatable bonds is 2. The zero-order valence-corrected chi connectivity index (χ0v) is 16.5. The van der Waals surface area contributed by atoms with E-state index < -0.39 is 5.41 Å². The smallest absolute Gasteiger partial charge is 0.132 e. The van der Waals surface area contributed by atoms with Crippen LogP contribution in [0.5, 0.6) is 11.5 Å². The lowest BCUT2D eigenvalue weighted by Gasteiger charge is -2.36. The molecule has 6 nitrogen and oxygen atoms in total. The second-order valence-electron chi connectivity index (χ2n) is 7.31. The molecule has 2 aliphatic heterocycles. The monoisotopic (exact) mass is 396 g/mol. The van der Waals surface area contributed by atoms with Crippen molar-refractivity contribution in [3.8, 4) is 34.5 Å². The minimum absolute atomic E-state index is 0.387. The Hall–Kier alpha value is -3.82. The third-order valence-electron chi connectivity index (χ3n) is 5.46. The number of hydrogen-bond acceptors (Lipinski definition) is 6. The summed E-state index contributed by atoms with van der Waals surface area (Å²) in [6.07, 6.45) is 7.21. The molecule has 5 rings (SSSR count). The summed E-state index contributed by atoms with van der Waals surface area (Å²) in [6, 6.07) is 12.2. The topological polar surface area (TPSA) is 82.3 Å². The van der Waals surface area contributed by atoms with Gasteiger partial charge in [0, 0.05) is 48.3 Å². The minimum atomic E-state index is -0.447. The third-order valence-corrected chi connectivity index (χ3v) is 5.46. The standard InChI is InChI=1S/C24H20N4O2/c1-29-8-2-3-16-4-6-21-19(9-16)24(11-23(25)28-14-24)20-10-17(5-7-22(20)30-21)18-12-26-15-27-13-18/h4-7,9-13,15,28H,8,14,25H2,1H3/t24-/m0/s1. The Morgan fingerprint density at radius 2 is 1.87 bits per heavy atom. The highest BCUT2D eigenvalue weighted by atomic mass is 16.5. The highest BCUT2D eigenvalue weighted by Gasteiger charge is 2.44. The molecule has 0 fully saturated rings. The van der Waals surface area contributed by atoms with Crippen LogP contribution in [-0.2, 0) is 10.2 Å². The zero-order chi connectivity index (χ0) is 20.6. The van der Waals surface area contributed by atoms with Gasteiger partial charge in [-0.25, -0.2) is 9.97 Å². The van der Waals surface area contributed by atoms with Crippen molar-refractivity contribution in [3.05, 3.63) is 83.7 Å². The van der Waals surface area contributed by atoms with Crippen LogP contribution in [0.1, 0.15) is 16.7 Å². The van der Waals surface area contributed by atoms with E-state index in [0.717, 1.165) is 39.3 Å². The third kappa shape index (κ3) is 2.97. The van der Waals surface area contributed by atoms with Gasteiger partial charge in [-0.15, -0.1) is 0 Å². The van der Waals surface area contributed by atoms with E-state index in [2.05, 4.69) is 45.3 Å². The number of ether oxygens (including phenoxy) is 2. The van der Waals surface area contributed by atoms with Gasteiger partial charge < -0.3 is 20.5 Å². The maximum Gasteiger partial charge on any atom is 0.132 e. The Kier molecular flexibility index (Phi) is 4.38. The van der Waals surface area contributed by atoms with Crippen LogP contribution in [0.25, 0.3) is 11.1 Å². The average molecular weight is 396 g/mol. The fourth-order valence-corrected chi connectivity index (χ4v) is 4.07. The molecule has 3 aromatic rings. The number of aromatic nitrogens is 2. The van der Waals surface area contributed by atoms with Gasteiger partial charge in [0.15, 0.2) is 0 Å². The van der Waals surface area contributed by atoms with Gasteiger partial charge in [0.2, 0.25) is 0 Å². The van der Waals surface area contributed by atoms with Crippen molar-refractivity contribution in [1.82, 2.24) is 15.3 Å². The normalized spacial score (nSPS) is 18.4. The average Bonchev–Trinajstić information content (AvgIpc) is 3.17. The van der Waals surface area contributed by atoms with Crippen molar-refractivity contribution < 1.29 is 9.47 Å². The Morgan fingerprint density at radius 3 is 2.60 bits per heavy atom. The van der Waals surface area contributed by atoms with Crippen molar-refractivity contribution in [2.75, 3.05) is 20.3 Å². The summed E-state index contributed by atoms with van der Waals surface area (Å²) >= 11 is 0. The van der Waals surface area contributed by atoms with E-state index in [1.54, 1.807) is 19.5 Å². The van der Waals surface area contributed by atoms with Gasteiger partial charge in [0.25, 0.3) is 0 Å². The molecule has 0 bridgehead atoms. The van der Waals surface area contributed by atoms with E-state index in [1.165, 1.54) is 6.33 Å². The van der Waals surface area contributed by atoms with Crippen molar-refractivity contribution in [2.45, 2.75) is 5.41 Å². The summed E-state index contributed by atoms with van der Waals surface area (Å²) in [6.45, 7) is 1.03. The summed E-state index contributed by atoms with van der Waals surface area (Å²) in [4.78, 5) is 8.29. The SMILES string of the molecule is COCC#Cc1ccc2c(c1)[C@@]1(C=C(N)NC1)c1cc(-c3cncnc3)ccc1O2. The molecule has 2 aliphatic rings. The first-order valence-corrected chi connectivity index (χ1v) is 9.62. The second kappa shape index (κ2) is 7.21. The van der Waals surface area contributed by atoms with Crippen molar-refractivity contribution in [2.24, 2.45) is 5.73 Å². The largest absolute Gasteiger partial charge is 0.457 e. The fraction of sp³-hybridized carbons (Fsp3) is 0.167. The molecule has 0 radical (unpaired) electrons. The summed E-state index contributed by atoms with van der Waals surface area (Å²) in [5, 5.41) is 3.30. The van der Waals surface area contributed by atoms with Crippen LogP contribution in [0.4, 0.5) is 0 Å². The number of nitrogens with two attached hydrogens (primary N) is 1. The maximum atomic E-state index is 6.27. The minimum Gasteiger partial charge on any atom is -0.457 e. The number of benzene rings is 2. The molecule has 1 aromatic heterocycles. The number of nitrogens with zero attached hydrogens (tertiary/aromatic N) is 2. The molecular weight excluding hydrogens is 376 g/mol. The molecule has 0 saturated carbocycles. The van der Waals surface area contributed by atoms with Crippen molar-refractivity contribution in [1.29, 1.82) is 0 Å². The van der Waals surface area contributed by atoms with Gasteiger partial charge in [-0.1, -0.05) is 17.9 Å². The number of hydrogen-bond donors (Lipinski definition) is 2. The van der Waals surface area contributed by atoms with Crippen molar-refractivity contribution >= 4 is 0 Å². The number of nitrogens with one attached hydrogen (secondary N) is 1. The van der Waals surface area contributed by atoms with Gasteiger partial charge in [0.05, 0.1) is 11.2 Å². The van der Waals surface area contributed by atoms with Crippen LogP contribution in [-0.4, -0.2) is 30.2 Å². The summed E-state index contributed by atoms with van der Waals surface area (Å²) in [5.41, 5.74) is 10.7. The molecule has 30 heavy (non-hydrogen) atoms. The molecule has 1 spiro atoms. The molecule has 3 N–H and O–H groups in total. The maximum absolute atomic E-state index is 6.27. The lowest BCUT2D eigenvalue weighted by Crippen LogP contribution is -2.34. The van der Waals surface area contributed by atoms with Gasteiger partial charge >= 0.3 is 0 Å². The lowest BCUT2D eigenvalue weighted by atomic mass is 9.72. The van der Waals surface area contributed by atoms with Crippen LogP contribution in [0, 0.1) is 11.8 Å². The van der Waals surface area contributed by atoms with Crippen LogP contribution in [0.15, 0.2) is 67.0 Å². The Morgan fingerprint density at radius 1 is 1.10 bits per heavy atom. The molecular formula is C24H20N4O2. The summed E-state index contributed by atoms with van der Waals surface area (Å²) in [5.74, 6) is 8.44.